The van der Waals surface area contributed by atoms with Gasteiger partial charge in [-0.1, -0.05) is 6.07 Å². The van der Waals surface area contributed by atoms with Crippen molar-refractivity contribution in [2.75, 3.05) is 54.0 Å². The molecule has 10 nitrogen and oxygen atoms in total. The number of nitrogens with zero attached hydrogens (tertiary/aromatic N) is 6. The Balaban J connectivity index is 1.37. The lowest BCUT2D eigenvalue weighted by Gasteiger charge is -2.29. The van der Waals surface area contributed by atoms with Gasteiger partial charge >= 0.3 is 0 Å². The van der Waals surface area contributed by atoms with Gasteiger partial charge in [-0.2, -0.15) is 5.10 Å². The Hall–Kier alpha value is -3.70. The van der Waals surface area contributed by atoms with Crippen molar-refractivity contribution in [3.8, 4) is 0 Å². The first-order valence-corrected chi connectivity index (χ1v) is 13.3. The fraction of sp³-hybridized carbons (Fsp3) is 0.292. The SMILES string of the molecule is CN(c1ncccc1Cn1ncc2cnc(Nc3ccc(N4CCNCC4)cc3)cc21)S(C)(=O)=O. The molecule has 4 aromatic rings. The Labute approximate surface area is 204 Å². The van der Waals surface area contributed by atoms with E-state index in [-0.39, 0.29) is 0 Å². The Morgan fingerprint density at radius 1 is 1.09 bits per heavy atom. The summed E-state index contributed by atoms with van der Waals surface area (Å²) >= 11 is 0. The summed E-state index contributed by atoms with van der Waals surface area (Å²) < 4.78 is 27.2. The smallest absolute Gasteiger partial charge is 0.233 e. The molecule has 1 aromatic carbocycles. The average Bonchev–Trinajstić information content (AvgIpc) is 3.26. The zero-order valence-electron chi connectivity index (χ0n) is 19.7. The van der Waals surface area contributed by atoms with E-state index >= 15 is 0 Å². The molecule has 0 spiro atoms. The van der Waals surface area contributed by atoms with E-state index in [1.54, 1.807) is 24.7 Å². The van der Waals surface area contributed by atoms with Crippen LogP contribution in [0.3, 0.4) is 0 Å². The first kappa shape index (κ1) is 23.1. The van der Waals surface area contributed by atoms with Gasteiger partial charge in [-0.05, 0) is 30.3 Å². The second-order valence-electron chi connectivity index (χ2n) is 8.56. The Kier molecular flexibility index (Phi) is 6.27. The standard InChI is InChI=1S/C24H28N8O2S/c1-30(35(2,33)34)24-18(4-3-9-26-24)17-32-22-14-23(27-15-19(22)16-28-32)29-20-5-7-21(8-6-20)31-12-10-25-11-13-31/h3-9,14-16,25H,10-13,17H2,1-2H3,(H,27,29). The molecule has 0 atom stereocenters. The summed E-state index contributed by atoms with van der Waals surface area (Å²) in [5.74, 6) is 1.09. The van der Waals surface area contributed by atoms with Crippen molar-refractivity contribution in [1.29, 1.82) is 0 Å². The molecule has 11 heteroatoms. The number of rotatable bonds is 7. The highest BCUT2D eigenvalue weighted by Crippen LogP contribution is 2.25. The van der Waals surface area contributed by atoms with Crippen LogP contribution in [0.25, 0.3) is 10.9 Å². The van der Waals surface area contributed by atoms with E-state index in [4.69, 9.17) is 0 Å². The molecule has 0 radical (unpaired) electrons. The van der Waals surface area contributed by atoms with Gasteiger partial charge in [0, 0.05) is 74.0 Å². The first-order valence-electron chi connectivity index (χ1n) is 11.4. The van der Waals surface area contributed by atoms with E-state index in [0.717, 1.165) is 54.6 Å². The zero-order valence-corrected chi connectivity index (χ0v) is 20.5. The number of anilines is 4. The van der Waals surface area contributed by atoms with Crippen LogP contribution in [0.4, 0.5) is 23.0 Å². The van der Waals surface area contributed by atoms with Crippen LogP contribution in [0, 0.1) is 0 Å². The van der Waals surface area contributed by atoms with Crippen molar-refractivity contribution in [2.45, 2.75) is 6.54 Å². The fourth-order valence-electron chi connectivity index (χ4n) is 4.15. The highest BCUT2D eigenvalue weighted by atomic mass is 32.2. The summed E-state index contributed by atoms with van der Waals surface area (Å²) in [6, 6.07) is 14.0. The second kappa shape index (κ2) is 9.51. The lowest BCUT2D eigenvalue weighted by atomic mass is 10.2. The second-order valence-corrected chi connectivity index (χ2v) is 10.6. The molecule has 3 aromatic heterocycles. The number of sulfonamides is 1. The molecule has 182 valence electrons. The van der Waals surface area contributed by atoms with Crippen LogP contribution in [-0.4, -0.2) is 67.6 Å². The predicted octanol–water partition coefficient (Wildman–Crippen LogP) is 2.42. The fourth-order valence-corrected chi connectivity index (χ4v) is 4.63. The van der Waals surface area contributed by atoms with Crippen molar-refractivity contribution in [3.05, 3.63) is 66.6 Å². The van der Waals surface area contributed by atoms with E-state index < -0.39 is 10.0 Å². The number of hydrogen-bond acceptors (Lipinski definition) is 8. The lowest BCUT2D eigenvalue weighted by molar-refractivity contribution is 0.589. The molecule has 0 unspecified atom stereocenters. The predicted molar refractivity (Wildman–Crippen MR) is 139 cm³/mol. The van der Waals surface area contributed by atoms with Crippen LogP contribution in [0.5, 0.6) is 0 Å². The summed E-state index contributed by atoms with van der Waals surface area (Å²) in [4.78, 5) is 11.2. The summed E-state index contributed by atoms with van der Waals surface area (Å²) in [5, 5.41) is 12.1. The maximum Gasteiger partial charge on any atom is 0.233 e. The topological polar surface area (TPSA) is 108 Å². The highest BCUT2D eigenvalue weighted by Gasteiger charge is 2.18. The maximum absolute atomic E-state index is 12.1. The Morgan fingerprint density at radius 2 is 1.86 bits per heavy atom. The van der Waals surface area contributed by atoms with E-state index in [0.29, 0.717) is 18.2 Å². The minimum absolute atomic E-state index is 0.370. The van der Waals surface area contributed by atoms with Gasteiger partial charge in [0.1, 0.15) is 11.6 Å². The lowest BCUT2D eigenvalue weighted by Crippen LogP contribution is -2.43. The van der Waals surface area contributed by atoms with Crippen LogP contribution in [0.1, 0.15) is 5.56 Å². The van der Waals surface area contributed by atoms with E-state index in [9.17, 15) is 8.42 Å². The zero-order chi connectivity index (χ0) is 24.4. The van der Waals surface area contributed by atoms with Crippen molar-refractivity contribution in [2.24, 2.45) is 0 Å². The van der Waals surface area contributed by atoms with E-state index in [1.165, 1.54) is 17.0 Å². The molecule has 35 heavy (non-hydrogen) atoms. The van der Waals surface area contributed by atoms with Crippen molar-refractivity contribution in [3.63, 3.8) is 0 Å². The Morgan fingerprint density at radius 3 is 2.60 bits per heavy atom. The van der Waals surface area contributed by atoms with Gasteiger partial charge in [0.2, 0.25) is 10.0 Å². The van der Waals surface area contributed by atoms with Crippen LogP contribution in [0.15, 0.2) is 61.1 Å². The van der Waals surface area contributed by atoms with Gasteiger partial charge in [-0.25, -0.2) is 18.4 Å². The van der Waals surface area contributed by atoms with E-state index in [2.05, 4.69) is 54.9 Å². The Bertz CT molecular complexity index is 1430. The van der Waals surface area contributed by atoms with Gasteiger partial charge in [0.15, 0.2) is 0 Å². The van der Waals surface area contributed by atoms with Crippen molar-refractivity contribution in [1.82, 2.24) is 25.1 Å². The number of nitrogens with one attached hydrogen (secondary N) is 2. The molecule has 1 saturated heterocycles. The molecule has 2 N–H and O–H groups in total. The normalized spacial score (nSPS) is 14.3. The molecule has 4 heterocycles. The van der Waals surface area contributed by atoms with Crippen LogP contribution in [-0.2, 0) is 16.6 Å². The van der Waals surface area contributed by atoms with Crippen LogP contribution < -0.4 is 19.8 Å². The number of piperazine rings is 1. The summed E-state index contributed by atoms with van der Waals surface area (Å²) in [5.41, 5.74) is 3.80. The number of hydrogen-bond donors (Lipinski definition) is 2. The van der Waals surface area contributed by atoms with Gasteiger partial charge in [0.05, 0.1) is 24.5 Å². The first-order chi connectivity index (χ1) is 16.9. The number of benzene rings is 1. The minimum atomic E-state index is -3.44. The van der Waals surface area contributed by atoms with Crippen LogP contribution >= 0.6 is 0 Å². The van der Waals surface area contributed by atoms with Crippen molar-refractivity contribution >= 4 is 43.9 Å². The molecule has 0 amide bonds. The molecular weight excluding hydrogens is 464 g/mol. The maximum atomic E-state index is 12.1. The van der Waals surface area contributed by atoms with E-state index in [1.807, 2.05) is 16.8 Å². The number of fused-ring (bicyclic) bond motifs is 1. The quantitative estimate of drug-likeness (QED) is 0.405. The third-order valence-electron chi connectivity index (χ3n) is 6.13. The third-order valence-corrected chi connectivity index (χ3v) is 7.30. The van der Waals surface area contributed by atoms with Gasteiger partial charge < -0.3 is 15.5 Å². The summed E-state index contributed by atoms with van der Waals surface area (Å²) in [6.45, 7) is 4.39. The van der Waals surface area contributed by atoms with Gasteiger partial charge in [0.25, 0.3) is 0 Å². The largest absolute Gasteiger partial charge is 0.369 e. The molecule has 0 saturated carbocycles. The minimum Gasteiger partial charge on any atom is -0.369 e. The number of pyridine rings is 2. The molecule has 0 bridgehead atoms. The molecule has 5 rings (SSSR count). The van der Waals surface area contributed by atoms with Gasteiger partial charge in [-0.15, -0.1) is 0 Å². The molecule has 1 aliphatic rings. The van der Waals surface area contributed by atoms with Crippen molar-refractivity contribution < 1.29 is 8.42 Å². The molecule has 0 aliphatic carbocycles. The molecular formula is C24H28N8O2S. The average molecular weight is 493 g/mol. The highest BCUT2D eigenvalue weighted by molar-refractivity contribution is 7.92. The van der Waals surface area contributed by atoms with Crippen LogP contribution in [0.2, 0.25) is 0 Å². The monoisotopic (exact) mass is 492 g/mol. The summed E-state index contributed by atoms with van der Waals surface area (Å²) in [6.07, 6.45) is 6.28. The molecule has 1 fully saturated rings. The third kappa shape index (κ3) is 5.05. The molecule has 1 aliphatic heterocycles. The van der Waals surface area contributed by atoms with Gasteiger partial charge in [-0.3, -0.25) is 8.99 Å². The number of aromatic nitrogens is 4. The summed E-state index contributed by atoms with van der Waals surface area (Å²) in [7, 11) is -1.93.